The Bertz CT molecular complexity index is 1180. The maximum Gasteiger partial charge on any atom is 0.352 e. The van der Waals surface area contributed by atoms with E-state index in [-0.39, 0.29) is 29.5 Å². The summed E-state index contributed by atoms with van der Waals surface area (Å²) in [5, 5.41) is 15.5. The molecular formula is C22H19N3O8S. The van der Waals surface area contributed by atoms with Crippen molar-refractivity contribution in [3.63, 3.8) is 0 Å². The molecule has 1 fully saturated rings. The molecule has 2 amide bonds. The molecule has 2 aliphatic rings. The lowest BCUT2D eigenvalue weighted by atomic mass is 10.0. The van der Waals surface area contributed by atoms with E-state index >= 15 is 0 Å². The number of nitrogens with zero attached hydrogens (tertiary/aromatic N) is 2. The molecule has 1 aromatic heterocycles. The first-order valence-electron chi connectivity index (χ1n) is 10.0. The smallest absolute Gasteiger partial charge is 0.352 e. The van der Waals surface area contributed by atoms with Crippen molar-refractivity contribution in [1.29, 1.82) is 0 Å². The topological polar surface area (TPSA) is 148 Å². The van der Waals surface area contributed by atoms with Crippen LogP contribution >= 0.6 is 11.8 Å². The van der Waals surface area contributed by atoms with Crippen molar-refractivity contribution >= 4 is 41.2 Å². The third-order valence-corrected chi connectivity index (χ3v) is 6.28. The zero-order valence-electron chi connectivity index (χ0n) is 17.8. The van der Waals surface area contributed by atoms with Gasteiger partial charge in [0.15, 0.2) is 11.5 Å². The van der Waals surface area contributed by atoms with Crippen LogP contribution in [0.5, 0.6) is 5.75 Å². The molecular weight excluding hydrogens is 466 g/mol. The van der Waals surface area contributed by atoms with E-state index < -0.39 is 35.2 Å². The van der Waals surface area contributed by atoms with Crippen LogP contribution in [0.15, 0.2) is 69.6 Å². The van der Waals surface area contributed by atoms with Crippen LogP contribution in [0.4, 0.5) is 0 Å². The van der Waals surface area contributed by atoms with Gasteiger partial charge in [-0.3, -0.25) is 19.3 Å². The highest BCUT2D eigenvalue weighted by Gasteiger charge is 2.54. The number of carboxylic acid groups (broad SMARTS) is 1. The monoisotopic (exact) mass is 485 g/mol. The second-order valence-corrected chi connectivity index (χ2v) is 8.33. The molecule has 4 rings (SSSR count). The molecule has 176 valence electrons. The number of β-lactam (4-membered cyclic amide) rings is 1. The number of hydrogen-bond donors (Lipinski definition) is 2. The van der Waals surface area contributed by atoms with Gasteiger partial charge in [-0.05, 0) is 24.3 Å². The number of carboxylic acids is 1. The van der Waals surface area contributed by atoms with Crippen LogP contribution < -0.4 is 10.2 Å². The van der Waals surface area contributed by atoms with Gasteiger partial charge in [-0.25, -0.2) is 4.79 Å². The van der Waals surface area contributed by atoms with Crippen molar-refractivity contribution in [2.45, 2.75) is 18.3 Å². The summed E-state index contributed by atoms with van der Waals surface area (Å²) in [5.41, 5.74) is -0.130. The number of aliphatic carboxylic acids is 1. The van der Waals surface area contributed by atoms with Crippen LogP contribution in [0, 0.1) is 0 Å². The SMILES string of the molecule is CC(=O)OCC1=C(C(=O)O)N2C(=O)[C@@H](NC(=O)C(=NOc3ccccc3)c3ccco3)[C@H]2SC1. The van der Waals surface area contributed by atoms with Crippen molar-refractivity contribution in [3.8, 4) is 5.75 Å². The number of amides is 2. The quantitative estimate of drug-likeness (QED) is 0.245. The third-order valence-electron chi connectivity index (χ3n) is 4.94. The molecule has 0 spiro atoms. The van der Waals surface area contributed by atoms with E-state index in [0.29, 0.717) is 11.3 Å². The second-order valence-electron chi connectivity index (χ2n) is 7.22. The molecule has 0 unspecified atom stereocenters. The van der Waals surface area contributed by atoms with E-state index in [2.05, 4.69) is 10.5 Å². The molecule has 2 aliphatic heterocycles. The normalized spacial score (nSPS) is 19.7. The predicted octanol–water partition coefficient (Wildman–Crippen LogP) is 1.36. The number of para-hydroxylation sites is 1. The molecule has 12 heteroatoms. The van der Waals surface area contributed by atoms with Crippen LogP contribution in [0.2, 0.25) is 0 Å². The Morgan fingerprint density at radius 3 is 2.65 bits per heavy atom. The molecule has 0 saturated carbocycles. The summed E-state index contributed by atoms with van der Waals surface area (Å²) in [6.45, 7) is 0.976. The van der Waals surface area contributed by atoms with Crippen molar-refractivity contribution in [2.24, 2.45) is 5.16 Å². The summed E-state index contributed by atoms with van der Waals surface area (Å²) in [5.74, 6) is -2.48. The third kappa shape index (κ3) is 4.66. The molecule has 2 atom stereocenters. The molecule has 2 aromatic rings. The molecule has 2 N–H and O–H groups in total. The zero-order valence-corrected chi connectivity index (χ0v) is 18.6. The van der Waals surface area contributed by atoms with Gasteiger partial charge in [0, 0.05) is 18.2 Å². The van der Waals surface area contributed by atoms with Crippen molar-refractivity contribution in [2.75, 3.05) is 12.4 Å². The first kappa shape index (κ1) is 23.1. The number of thioether (sulfide) groups is 1. The summed E-state index contributed by atoms with van der Waals surface area (Å²) in [7, 11) is 0. The van der Waals surface area contributed by atoms with Crippen LogP contribution in [0.3, 0.4) is 0 Å². The fraction of sp³-hybridized carbons (Fsp3) is 0.227. The molecule has 1 aromatic carbocycles. The van der Waals surface area contributed by atoms with Crippen LogP contribution in [0.1, 0.15) is 12.7 Å². The molecule has 1 saturated heterocycles. The number of benzene rings is 1. The average Bonchev–Trinajstić information content (AvgIpc) is 3.35. The minimum atomic E-state index is -1.32. The molecule has 34 heavy (non-hydrogen) atoms. The molecule has 0 radical (unpaired) electrons. The number of esters is 1. The molecule has 3 heterocycles. The van der Waals surface area contributed by atoms with E-state index in [1.807, 2.05) is 0 Å². The maximum atomic E-state index is 13.0. The van der Waals surface area contributed by atoms with Gasteiger partial charge < -0.3 is 24.4 Å². The highest BCUT2D eigenvalue weighted by atomic mass is 32.2. The lowest BCUT2D eigenvalue weighted by molar-refractivity contribution is -0.150. The van der Waals surface area contributed by atoms with E-state index in [9.17, 15) is 24.3 Å². The van der Waals surface area contributed by atoms with Crippen molar-refractivity contribution < 1.29 is 38.3 Å². The van der Waals surface area contributed by atoms with Crippen molar-refractivity contribution in [3.05, 3.63) is 65.8 Å². The Balaban J connectivity index is 1.51. The minimum absolute atomic E-state index is 0.128. The molecule has 0 bridgehead atoms. The van der Waals surface area contributed by atoms with Gasteiger partial charge in [0.05, 0.1) is 6.26 Å². The van der Waals surface area contributed by atoms with Crippen LogP contribution in [-0.4, -0.2) is 63.2 Å². The Hall–Kier alpha value is -4.06. The first-order valence-corrected chi connectivity index (χ1v) is 11.1. The first-order chi connectivity index (χ1) is 16.4. The Labute approximate surface area is 197 Å². The lowest BCUT2D eigenvalue weighted by Gasteiger charge is -2.49. The second kappa shape index (κ2) is 9.83. The van der Waals surface area contributed by atoms with Gasteiger partial charge in [-0.2, -0.15) is 0 Å². The van der Waals surface area contributed by atoms with E-state index in [1.165, 1.54) is 31.0 Å². The summed E-state index contributed by atoms with van der Waals surface area (Å²) in [6.07, 6.45) is 1.36. The van der Waals surface area contributed by atoms with Gasteiger partial charge in [0.1, 0.15) is 23.7 Å². The number of carbonyl (C=O) groups excluding carboxylic acids is 3. The average molecular weight is 485 g/mol. The molecule has 11 nitrogen and oxygen atoms in total. The highest BCUT2D eigenvalue weighted by molar-refractivity contribution is 8.00. The zero-order chi connectivity index (χ0) is 24.2. The van der Waals surface area contributed by atoms with Crippen LogP contribution in [0.25, 0.3) is 0 Å². The van der Waals surface area contributed by atoms with Gasteiger partial charge >= 0.3 is 11.9 Å². The number of hydrogen-bond acceptors (Lipinski definition) is 9. The standard InChI is InChI=1S/C22H19N3O8S/c1-12(26)32-10-13-11-34-21-17(20(28)25(21)18(13)22(29)30)23-19(27)16(15-8-5-9-31-15)24-33-14-6-3-2-4-7-14/h2-9,17,21H,10-11H2,1H3,(H,23,27)(H,29,30)/t17-,21-/m1/s1. The van der Waals surface area contributed by atoms with Crippen molar-refractivity contribution in [1.82, 2.24) is 10.2 Å². The Morgan fingerprint density at radius 2 is 2.00 bits per heavy atom. The summed E-state index contributed by atoms with van der Waals surface area (Å²) in [4.78, 5) is 55.2. The predicted molar refractivity (Wildman–Crippen MR) is 119 cm³/mol. The summed E-state index contributed by atoms with van der Waals surface area (Å²) in [6, 6.07) is 10.7. The summed E-state index contributed by atoms with van der Waals surface area (Å²) >= 11 is 1.25. The molecule has 0 aliphatic carbocycles. The van der Waals surface area contributed by atoms with E-state index in [1.54, 1.807) is 36.4 Å². The van der Waals surface area contributed by atoms with Gasteiger partial charge in [-0.15, -0.1) is 11.8 Å². The number of nitrogens with one attached hydrogen (secondary N) is 1. The van der Waals surface area contributed by atoms with Gasteiger partial charge in [-0.1, -0.05) is 23.4 Å². The largest absolute Gasteiger partial charge is 0.477 e. The number of furan rings is 1. The fourth-order valence-electron chi connectivity index (χ4n) is 3.38. The Kier molecular flexibility index (Phi) is 6.68. The van der Waals surface area contributed by atoms with Crippen LogP contribution in [-0.2, 0) is 23.9 Å². The fourth-order valence-corrected chi connectivity index (χ4v) is 4.71. The number of fused-ring (bicyclic) bond motifs is 1. The summed E-state index contributed by atoms with van der Waals surface area (Å²) < 4.78 is 10.2. The van der Waals surface area contributed by atoms with E-state index in [0.717, 1.165) is 4.90 Å². The number of carbonyl (C=O) groups is 4. The maximum absolute atomic E-state index is 13.0. The number of rotatable bonds is 8. The van der Waals surface area contributed by atoms with Gasteiger partial charge in [0.2, 0.25) is 5.71 Å². The Morgan fingerprint density at radius 1 is 1.24 bits per heavy atom. The minimum Gasteiger partial charge on any atom is -0.477 e. The van der Waals surface area contributed by atoms with Gasteiger partial charge in [0.25, 0.3) is 11.8 Å². The number of oxime groups is 1. The highest BCUT2D eigenvalue weighted by Crippen LogP contribution is 2.40. The van der Waals surface area contributed by atoms with E-state index in [4.69, 9.17) is 14.0 Å². The number of ether oxygens (including phenoxy) is 1. The lowest BCUT2D eigenvalue weighted by Crippen LogP contribution is -2.71.